The summed E-state index contributed by atoms with van der Waals surface area (Å²) in [5.74, 6) is 0.410. The Kier molecular flexibility index (Phi) is 8.99. The zero-order valence-corrected chi connectivity index (χ0v) is 22.2. The Hall–Kier alpha value is -3.60. The van der Waals surface area contributed by atoms with Gasteiger partial charge in [-0.2, -0.15) is 0 Å². The number of aryl methyl sites for hydroxylation is 2. The van der Waals surface area contributed by atoms with Crippen LogP contribution < -0.4 is 10.1 Å². The molecule has 0 aliphatic heterocycles. The molecule has 37 heavy (non-hydrogen) atoms. The van der Waals surface area contributed by atoms with Crippen LogP contribution in [0.3, 0.4) is 0 Å². The Balaban J connectivity index is 1.61. The summed E-state index contributed by atoms with van der Waals surface area (Å²) in [4.78, 5) is 29.2. The largest absolute Gasteiger partial charge is 0.483 e. The maximum atomic E-state index is 13.8. The van der Waals surface area contributed by atoms with Gasteiger partial charge in [0.15, 0.2) is 6.61 Å². The second kappa shape index (κ2) is 12.6. The van der Waals surface area contributed by atoms with Gasteiger partial charge in [-0.05, 0) is 67.5 Å². The fourth-order valence-electron chi connectivity index (χ4n) is 5.07. The molecule has 1 fully saturated rings. The molecular weight excluding hydrogens is 460 g/mol. The molecule has 1 saturated carbocycles. The summed E-state index contributed by atoms with van der Waals surface area (Å²) in [6.07, 6.45) is 4.69. The Bertz CT molecular complexity index is 1190. The van der Waals surface area contributed by atoms with Crippen molar-refractivity contribution in [2.45, 2.75) is 71.5 Å². The second-order valence-electron chi connectivity index (χ2n) is 10.2. The molecule has 1 unspecified atom stereocenters. The molecule has 0 saturated heterocycles. The van der Waals surface area contributed by atoms with Crippen molar-refractivity contribution >= 4 is 11.8 Å². The van der Waals surface area contributed by atoms with Crippen molar-refractivity contribution in [3.8, 4) is 5.75 Å². The fraction of sp³-hybridized carbons (Fsp3) is 0.375. The average Bonchev–Trinajstić information content (AvgIpc) is 3.41. The van der Waals surface area contributed by atoms with Gasteiger partial charge in [-0.1, -0.05) is 79.6 Å². The SMILES string of the molecule is Cc1cc(C)c(C)c(OCC(=O)N(Cc2ccccc2)C(Cc2ccccc2)C(=O)NC2CCCC2)c1. The number of carbonyl (C=O) groups is 2. The summed E-state index contributed by atoms with van der Waals surface area (Å²) in [6, 6.07) is 23.4. The number of carbonyl (C=O) groups excluding carboxylic acids is 2. The summed E-state index contributed by atoms with van der Waals surface area (Å²) in [5, 5.41) is 3.24. The molecule has 0 heterocycles. The van der Waals surface area contributed by atoms with Crippen LogP contribution in [-0.2, 0) is 22.6 Å². The smallest absolute Gasteiger partial charge is 0.261 e. The van der Waals surface area contributed by atoms with Crippen LogP contribution >= 0.6 is 0 Å². The Morgan fingerprint density at radius 1 is 0.919 bits per heavy atom. The first-order chi connectivity index (χ1) is 17.9. The molecule has 4 rings (SSSR count). The number of ether oxygens (including phenoxy) is 1. The van der Waals surface area contributed by atoms with Gasteiger partial charge in [0.25, 0.3) is 5.91 Å². The third-order valence-electron chi connectivity index (χ3n) is 7.28. The number of hydrogen-bond acceptors (Lipinski definition) is 3. The minimum absolute atomic E-state index is 0.0948. The molecule has 1 aliphatic carbocycles. The third-order valence-corrected chi connectivity index (χ3v) is 7.28. The van der Waals surface area contributed by atoms with E-state index < -0.39 is 6.04 Å². The van der Waals surface area contributed by atoms with Crippen LogP contribution in [0.4, 0.5) is 0 Å². The second-order valence-corrected chi connectivity index (χ2v) is 10.2. The summed E-state index contributed by atoms with van der Waals surface area (Å²) in [6.45, 7) is 6.28. The van der Waals surface area contributed by atoms with Gasteiger partial charge in [-0.25, -0.2) is 0 Å². The first kappa shape index (κ1) is 26.5. The van der Waals surface area contributed by atoms with Crippen LogP contribution in [0.2, 0.25) is 0 Å². The van der Waals surface area contributed by atoms with Crippen molar-refractivity contribution in [3.05, 3.63) is 101 Å². The highest BCUT2D eigenvalue weighted by molar-refractivity contribution is 5.88. The Morgan fingerprint density at radius 2 is 1.54 bits per heavy atom. The van der Waals surface area contributed by atoms with E-state index in [9.17, 15) is 9.59 Å². The van der Waals surface area contributed by atoms with Crippen molar-refractivity contribution in [3.63, 3.8) is 0 Å². The van der Waals surface area contributed by atoms with Crippen molar-refractivity contribution in [1.29, 1.82) is 0 Å². The van der Waals surface area contributed by atoms with Crippen LogP contribution in [0.5, 0.6) is 5.75 Å². The third kappa shape index (κ3) is 7.22. The van der Waals surface area contributed by atoms with E-state index in [2.05, 4.69) is 11.4 Å². The van der Waals surface area contributed by atoms with Crippen LogP contribution in [0.15, 0.2) is 72.8 Å². The molecule has 194 valence electrons. The highest BCUT2D eigenvalue weighted by Crippen LogP contribution is 2.24. The van der Waals surface area contributed by atoms with Crippen molar-refractivity contribution in [2.24, 2.45) is 0 Å². The molecule has 3 aromatic carbocycles. The number of amides is 2. The van der Waals surface area contributed by atoms with Gasteiger partial charge >= 0.3 is 0 Å². The highest BCUT2D eigenvalue weighted by atomic mass is 16.5. The number of benzene rings is 3. The minimum atomic E-state index is -0.639. The molecule has 0 bridgehead atoms. The first-order valence-corrected chi connectivity index (χ1v) is 13.3. The van der Waals surface area contributed by atoms with Gasteiger partial charge < -0.3 is 15.0 Å². The lowest BCUT2D eigenvalue weighted by Crippen LogP contribution is -2.53. The first-order valence-electron chi connectivity index (χ1n) is 13.3. The van der Waals surface area contributed by atoms with Crippen LogP contribution in [0.25, 0.3) is 0 Å². The number of hydrogen-bond donors (Lipinski definition) is 1. The van der Waals surface area contributed by atoms with E-state index in [1.807, 2.05) is 87.5 Å². The van der Waals surface area contributed by atoms with Gasteiger partial charge in [-0.3, -0.25) is 9.59 Å². The lowest BCUT2D eigenvalue weighted by atomic mass is 10.0. The fourth-order valence-corrected chi connectivity index (χ4v) is 5.07. The average molecular weight is 499 g/mol. The van der Waals surface area contributed by atoms with E-state index >= 15 is 0 Å². The molecule has 5 heteroatoms. The van der Waals surface area contributed by atoms with Crippen LogP contribution in [0.1, 0.15) is 53.5 Å². The van der Waals surface area contributed by atoms with Crippen molar-refractivity contribution < 1.29 is 14.3 Å². The molecular formula is C32H38N2O3. The number of nitrogens with one attached hydrogen (secondary N) is 1. The zero-order valence-electron chi connectivity index (χ0n) is 22.2. The lowest BCUT2D eigenvalue weighted by molar-refractivity contribution is -0.143. The quantitative estimate of drug-likeness (QED) is 0.391. The Labute approximate surface area is 220 Å². The molecule has 0 spiro atoms. The normalized spacial score (nSPS) is 14.2. The summed E-state index contributed by atoms with van der Waals surface area (Å²) < 4.78 is 6.07. The van der Waals surface area contributed by atoms with Gasteiger partial charge in [0, 0.05) is 19.0 Å². The van der Waals surface area contributed by atoms with Crippen LogP contribution in [0, 0.1) is 20.8 Å². The maximum absolute atomic E-state index is 13.8. The topological polar surface area (TPSA) is 58.6 Å². The molecule has 0 radical (unpaired) electrons. The van der Waals surface area contributed by atoms with E-state index in [4.69, 9.17) is 4.74 Å². The molecule has 2 amide bonds. The zero-order chi connectivity index (χ0) is 26.2. The summed E-state index contributed by atoms with van der Waals surface area (Å²) in [7, 11) is 0. The Morgan fingerprint density at radius 3 is 2.19 bits per heavy atom. The van der Waals surface area contributed by atoms with Gasteiger partial charge in [0.2, 0.25) is 5.91 Å². The predicted molar refractivity (Wildman–Crippen MR) is 147 cm³/mol. The molecule has 1 atom stereocenters. The number of rotatable bonds is 10. The summed E-state index contributed by atoms with van der Waals surface area (Å²) in [5.41, 5.74) is 5.23. The van der Waals surface area contributed by atoms with E-state index in [1.54, 1.807) is 4.90 Å². The summed E-state index contributed by atoms with van der Waals surface area (Å²) >= 11 is 0. The molecule has 1 aliphatic rings. The van der Waals surface area contributed by atoms with Gasteiger partial charge in [-0.15, -0.1) is 0 Å². The molecule has 1 N–H and O–H groups in total. The van der Waals surface area contributed by atoms with E-state index in [1.165, 1.54) is 0 Å². The van der Waals surface area contributed by atoms with Crippen molar-refractivity contribution in [2.75, 3.05) is 6.61 Å². The monoisotopic (exact) mass is 498 g/mol. The van der Waals surface area contributed by atoms with Crippen LogP contribution in [-0.4, -0.2) is 35.4 Å². The standard InChI is InChI=1S/C32H38N2O3/c1-23-18-24(2)25(3)30(19-23)37-22-31(35)34(21-27-14-8-5-9-15-27)29(20-26-12-6-4-7-13-26)32(36)33-28-16-10-11-17-28/h4-9,12-15,18-19,28-29H,10-11,16-17,20-22H2,1-3H3,(H,33,36). The van der Waals surface area contributed by atoms with Gasteiger partial charge in [0.1, 0.15) is 11.8 Å². The lowest BCUT2D eigenvalue weighted by Gasteiger charge is -2.32. The van der Waals surface area contributed by atoms with Crippen molar-refractivity contribution in [1.82, 2.24) is 10.2 Å². The van der Waals surface area contributed by atoms with E-state index in [-0.39, 0.29) is 24.5 Å². The van der Waals surface area contributed by atoms with E-state index in [0.717, 1.165) is 53.5 Å². The van der Waals surface area contributed by atoms with Gasteiger partial charge in [0.05, 0.1) is 0 Å². The minimum Gasteiger partial charge on any atom is -0.483 e. The number of nitrogens with zero attached hydrogens (tertiary/aromatic N) is 1. The highest BCUT2D eigenvalue weighted by Gasteiger charge is 2.32. The maximum Gasteiger partial charge on any atom is 0.261 e. The molecule has 5 nitrogen and oxygen atoms in total. The molecule has 3 aromatic rings. The molecule has 0 aromatic heterocycles. The predicted octanol–water partition coefficient (Wildman–Crippen LogP) is 5.69. The van der Waals surface area contributed by atoms with E-state index in [0.29, 0.717) is 18.7 Å².